The molecule has 1 saturated carbocycles. The minimum absolute atomic E-state index is 0.0482. The number of nitrogens with zero attached hydrogens (tertiary/aromatic N) is 1. The summed E-state index contributed by atoms with van der Waals surface area (Å²) in [5.41, 5.74) is -1.92. The van der Waals surface area contributed by atoms with Crippen molar-refractivity contribution in [2.75, 3.05) is 6.54 Å². The first-order valence-electron chi connectivity index (χ1n) is 7.05. The number of amides is 3. The van der Waals surface area contributed by atoms with E-state index in [4.69, 9.17) is 0 Å². The minimum Gasteiger partial charge on any atom is -0.481 e. The largest absolute Gasteiger partial charge is 0.481 e. The molecule has 0 aromatic rings. The highest BCUT2D eigenvalue weighted by Crippen LogP contribution is 2.41. The summed E-state index contributed by atoms with van der Waals surface area (Å²) in [5, 5.41) is 11.6. The number of carboxylic acids is 1. The molecule has 1 spiro atoms. The second-order valence-corrected chi connectivity index (χ2v) is 6.77. The molecule has 2 atom stereocenters. The van der Waals surface area contributed by atoms with Gasteiger partial charge in [0.15, 0.2) is 0 Å². The molecule has 1 saturated heterocycles. The van der Waals surface area contributed by atoms with Gasteiger partial charge in [0.05, 0.1) is 5.41 Å². The van der Waals surface area contributed by atoms with Gasteiger partial charge < -0.3 is 10.0 Å². The van der Waals surface area contributed by atoms with Gasteiger partial charge in [-0.05, 0) is 32.6 Å². The van der Waals surface area contributed by atoms with Gasteiger partial charge >= 0.3 is 12.0 Å². The van der Waals surface area contributed by atoms with Crippen LogP contribution < -0.4 is 5.32 Å². The van der Waals surface area contributed by atoms with Crippen LogP contribution in [0.4, 0.5) is 4.79 Å². The maximum Gasteiger partial charge on any atom is 0.325 e. The Labute approximate surface area is 118 Å². The number of imide groups is 1. The van der Waals surface area contributed by atoms with Gasteiger partial charge in [-0.25, -0.2) is 4.79 Å². The predicted molar refractivity (Wildman–Crippen MR) is 72.0 cm³/mol. The number of hydrogen-bond donors (Lipinski definition) is 2. The molecule has 0 aromatic carbocycles. The molecule has 2 rings (SSSR count). The Kier molecular flexibility index (Phi) is 3.52. The molecule has 0 bridgehead atoms. The summed E-state index contributed by atoms with van der Waals surface area (Å²) < 4.78 is 0. The zero-order valence-corrected chi connectivity index (χ0v) is 12.2. The van der Waals surface area contributed by atoms with Crippen molar-refractivity contribution in [3.05, 3.63) is 0 Å². The highest BCUT2D eigenvalue weighted by Gasteiger charge is 2.55. The molecule has 0 aromatic heterocycles. The lowest BCUT2D eigenvalue weighted by Gasteiger charge is -2.42. The average Bonchev–Trinajstić information content (AvgIpc) is 2.53. The Morgan fingerprint density at radius 1 is 1.50 bits per heavy atom. The summed E-state index contributed by atoms with van der Waals surface area (Å²) in [6.07, 6.45) is 3.15. The third-order valence-corrected chi connectivity index (χ3v) is 4.51. The number of carbonyl (C=O) groups is 3. The molecule has 6 nitrogen and oxygen atoms in total. The van der Waals surface area contributed by atoms with E-state index in [-0.39, 0.29) is 12.5 Å². The van der Waals surface area contributed by atoms with Gasteiger partial charge in [-0.15, -0.1) is 0 Å². The fraction of sp³-hybridized carbons (Fsp3) is 0.786. The topological polar surface area (TPSA) is 86.7 Å². The summed E-state index contributed by atoms with van der Waals surface area (Å²) in [6.45, 7) is 5.26. The van der Waals surface area contributed by atoms with Crippen LogP contribution in [0.1, 0.15) is 46.5 Å². The van der Waals surface area contributed by atoms with E-state index in [9.17, 15) is 19.5 Å². The van der Waals surface area contributed by atoms with Crippen molar-refractivity contribution in [1.82, 2.24) is 10.2 Å². The van der Waals surface area contributed by atoms with Gasteiger partial charge in [0.2, 0.25) is 0 Å². The van der Waals surface area contributed by atoms with E-state index in [0.717, 1.165) is 12.8 Å². The highest BCUT2D eigenvalue weighted by molar-refractivity contribution is 6.07. The summed E-state index contributed by atoms with van der Waals surface area (Å²) in [6, 6.07) is -0.460. The Balaban J connectivity index is 2.31. The molecule has 20 heavy (non-hydrogen) atoms. The fourth-order valence-corrected chi connectivity index (χ4v) is 3.26. The fourth-order valence-electron chi connectivity index (χ4n) is 3.26. The summed E-state index contributed by atoms with van der Waals surface area (Å²) in [4.78, 5) is 37.1. The SMILES string of the molecule is CC1CCCC2(C1)C(=O)NC(=O)N2CC(C)(C)C(=O)O. The van der Waals surface area contributed by atoms with Crippen LogP contribution in [0, 0.1) is 11.3 Å². The number of aliphatic carboxylic acids is 1. The van der Waals surface area contributed by atoms with Gasteiger partial charge in [0, 0.05) is 6.54 Å². The predicted octanol–water partition coefficient (Wildman–Crippen LogP) is 1.60. The number of carbonyl (C=O) groups excluding carboxylic acids is 2. The van der Waals surface area contributed by atoms with E-state index in [1.807, 2.05) is 0 Å². The summed E-state index contributed by atoms with van der Waals surface area (Å²) in [5.74, 6) is -0.880. The first kappa shape index (κ1) is 14.8. The van der Waals surface area contributed by atoms with Gasteiger partial charge in [0.25, 0.3) is 5.91 Å². The van der Waals surface area contributed by atoms with Crippen molar-refractivity contribution < 1.29 is 19.5 Å². The van der Waals surface area contributed by atoms with Crippen molar-refractivity contribution in [2.45, 2.75) is 52.0 Å². The quantitative estimate of drug-likeness (QED) is 0.770. The Hall–Kier alpha value is -1.59. The van der Waals surface area contributed by atoms with Crippen LogP contribution in [0.2, 0.25) is 0 Å². The molecule has 1 heterocycles. The van der Waals surface area contributed by atoms with Crippen molar-refractivity contribution in [3.63, 3.8) is 0 Å². The number of urea groups is 1. The maximum atomic E-state index is 12.3. The first-order chi connectivity index (χ1) is 9.19. The zero-order valence-electron chi connectivity index (χ0n) is 12.2. The van der Waals surface area contributed by atoms with Crippen LogP contribution in [0.3, 0.4) is 0 Å². The minimum atomic E-state index is -1.07. The summed E-state index contributed by atoms with van der Waals surface area (Å²) in [7, 11) is 0. The molecule has 3 amide bonds. The van der Waals surface area contributed by atoms with Crippen LogP contribution >= 0.6 is 0 Å². The lowest BCUT2D eigenvalue weighted by molar-refractivity contribution is -0.149. The molecule has 112 valence electrons. The lowest BCUT2D eigenvalue weighted by Crippen LogP contribution is -2.55. The van der Waals surface area contributed by atoms with Gasteiger partial charge in [-0.3, -0.25) is 14.9 Å². The van der Waals surface area contributed by atoms with E-state index in [1.165, 1.54) is 4.90 Å². The van der Waals surface area contributed by atoms with Gasteiger partial charge in [-0.2, -0.15) is 0 Å². The Morgan fingerprint density at radius 3 is 2.70 bits per heavy atom. The van der Waals surface area contributed by atoms with Crippen LogP contribution in [-0.2, 0) is 9.59 Å². The monoisotopic (exact) mass is 282 g/mol. The maximum absolute atomic E-state index is 12.3. The van der Waals surface area contributed by atoms with Crippen LogP contribution in [0.25, 0.3) is 0 Å². The number of hydrogen-bond acceptors (Lipinski definition) is 3. The van der Waals surface area contributed by atoms with Crippen molar-refractivity contribution >= 4 is 17.9 Å². The molecule has 2 fully saturated rings. The second kappa shape index (κ2) is 4.75. The average molecular weight is 282 g/mol. The third kappa shape index (κ3) is 2.27. The van der Waals surface area contributed by atoms with Crippen molar-refractivity contribution in [1.29, 1.82) is 0 Å². The smallest absolute Gasteiger partial charge is 0.325 e. The molecule has 2 unspecified atom stereocenters. The molecule has 2 N–H and O–H groups in total. The van der Waals surface area contributed by atoms with E-state index in [1.54, 1.807) is 13.8 Å². The van der Waals surface area contributed by atoms with Crippen molar-refractivity contribution in [2.24, 2.45) is 11.3 Å². The number of carboxylic acid groups (broad SMARTS) is 1. The normalized spacial score (nSPS) is 30.8. The first-order valence-corrected chi connectivity index (χ1v) is 7.05. The molecule has 0 radical (unpaired) electrons. The molecule has 1 aliphatic heterocycles. The molecule has 6 heteroatoms. The van der Waals surface area contributed by atoms with Crippen molar-refractivity contribution in [3.8, 4) is 0 Å². The second-order valence-electron chi connectivity index (χ2n) is 6.77. The molecule has 1 aliphatic carbocycles. The Bertz CT molecular complexity index is 460. The number of rotatable bonds is 3. The summed E-state index contributed by atoms with van der Waals surface area (Å²) >= 11 is 0. The van der Waals surface area contributed by atoms with E-state index in [0.29, 0.717) is 18.8 Å². The van der Waals surface area contributed by atoms with Crippen LogP contribution in [-0.4, -0.2) is 40.0 Å². The lowest BCUT2D eigenvalue weighted by atomic mass is 9.74. The zero-order chi connectivity index (χ0) is 15.1. The molecular formula is C14H22N2O4. The van der Waals surface area contributed by atoms with E-state index < -0.39 is 23.0 Å². The van der Waals surface area contributed by atoms with E-state index in [2.05, 4.69) is 12.2 Å². The Morgan fingerprint density at radius 2 is 2.15 bits per heavy atom. The van der Waals surface area contributed by atoms with E-state index >= 15 is 0 Å². The standard InChI is InChI=1S/C14H22N2O4/c1-9-5-4-6-14(7-9)10(17)15-12(20)16(14)8-13(2,3)11(18)19/h9H,4-8H2,1-3H3,(H,18,19)(H,15,17,20). The highest BCUT2D eigenvalue weighted by atomic mass is 16.4. The third-order valence-electron chi connectivity index (χ3n) is 4.51. The molecular weight excluding hydrogens is 260 g/mol. The van der Waals surface area contributed by atoms with Gasteiger partial charge in [-0.1, -0.05) is 19.8 Å². The van der Waals surface area contributed by atoms with Gasteiger partial charge in [0.1, 0.15) is 5.54 Å². The molecule has 2 aliphatic rings. The van der Waals surface area contributed by atoms with Crippen LogP contribution in [0.15, 0.2) is 0 Å². The van der Waals surface area contributed by atoms with Crippen LogP contribution in [0.5, 0.6) is 0 Å². The number of nitrogens with one attached hydrogen (secondary N) is 1.